The van der Waals surface area contributed by atoms with Crippen molar-refractivity contribution in [3.05, 3.63) is 125 Å². The van der Waals surface area contributed by atoms with Crippen molar-refractivity contribution in [3.8, 4) is 0 Å². The van der Waals surface area contributed by atoms with Gasteiger partial charge >= 0.3 is 5.97 Å². The van der Waals surface area contributed by atoms with Crippen LogP contribution in [-0.2, 0) is 4.79 Å². The van der Waals surface area contributed by atoms with Gasteiger partial charge in [0, 0.05) is 21.8 Å². The predicted octanol–water partition coefficient (Wildman–Crippen LogP) is 6.42. The Bertz CT molecular complexity index is 1390. The summed E-state index contributed by atoms with van der Waals surface area (Å²) in [5.41, 5.74) is 3.54. The molecular weight excluding hydrogens is 472 g/mol. The van der Waals surface area contributed by atoms with Crippen molar-refractivity contribution in [1.82, 2.24) is 0 Å². The van der Waals surface area contributed by atoms with Crippen LogP contribution >= 0.6 is 11.8 Å². The van der Waals surface area contributed by atoms with E-state index in [0.717, 1.165) is 16.0 Å². The lowest BCUT2D eigenvalue weighted by molar-refractivity contribution is -0.115. The van der Waals surface area contributed by atoms with Crippen molar-refractivity contribution in [1.29, 1.82) is 0 Å². The van der Waals surface area contributed by atoms with Crippen LogP contribution in [0.2, 0.25) is 0 Å². The molecule has 0 heterocycles. The van der Waals surface area contributed by atoms with E-state index in [0.29, 0.717) is 16.9 Å². The molecule has 0 spiro atoms. The quantitative estimate of drug-likeness (QED) is 0.245. The van der Waals surface area contributed by atoms with Gasteiger partial charge in [0.05, 0.1) is 5.56 Å². The maximum Gasteiger partial charge on any atom is 0.335 e. The fourth-order valence-electron chi connectivity index (χ4n) is 3.53. The number of aryl methyl sites for hydroxylation is 1. The molecule has 0 radical (unpaired) electrons. The summed E-state index contributed by atoms with van der Waals surface area (Å²) in [6.07, 6.45) is 0. The normalized spacial score (nSPS) is 11.4. The monoisotopic (exact) mass is 496 g/mol. The van der Waals surface area contributed by atoms with E-state index in [4.69, 9.17) is 0 Å². The number of hydrogen-bond donors (Lipinski definition) is 3. The van der Waals surface area contributed by atoms with Gasteiger partial charge in [0.25, 0.3) is 5.91 Å². The third kappa shape index (κ3) is 6.40. The fraction of sp³-hybridized carbons (Fsp3) is 0.0690. The number of carboxylic acid groups (broad SMARTS) is 1. The molecule has 0 fully saturated rings. The van der Waals surface area contributed by atoms with Crippen molar-refractivity contribution in [2.45, 2.75) is 17.1 Å². The average Bonchev–Trinajstić information content (AvgIpc) is 2.88. The van der Waals surface area contributed by atoms with Crippen molar-refractivity contribution in [2.24, 2.45) is 0 Å². The molecule has 36 heavy (non-hydrogen) atoms. The van der Waals surface area contributed by atoms with E-state index in [-0.39, 0.29) is 17.4 Å². The maximum absolute atomic E-state index is 13.3. The Morgan fingerprint density at radius 3 is 2.08 bits per heavy atom. The molecule has 4 rings (SSSR count). The highest BCUT2D eigenvalue weighted by molar-refractivity contribution is 8.00. The molecular formula is C29H24N2O4S. The van der Waals surface area contributed by atoms with Gasteiger partial charge in [-0.3, -0.25) is 9.59 Å². The Balaban J connectivity index is 1.54. The zero-order chi connectivity index (χ0) is 25.5. The van der Waals surface area contributed by atoms with Gasteiger partial charge in [-0.2, -0.15) is 0 Å². The highest BCUT2D eigenvalue weighted by atomic mass is 32.2. The van der Waals surface area contributed by atoms with E-state index in [2.05, 4.69) is 10.6 Å². The van der Waals surface area contributed by atoms with Crippen LogP contribution in [0.4, 0.5) is 11.4 Å². The number of carboxylic acids is 1. The van der Waals surface area contributed by atoms with Crippen molar-refractivity contribution < 1.29 is 19.5 Å². The number of benzene rings is 4. The van der Waals surface area contributed by atoms with Crippen LogP contribution in [0.1, 0.15) is 37.1 Å². The van der Waals surface area contributed by atoms with Gasteiger partial charge < -0.3 is 15.7 Å². The van der Waals surface area contributed by atoms with E-state index in [1.165, 1.54) is 23.9 Å². The molecule has 1 atom stereocenters. The number of carbonyl (C=O) groups is 3. The van der Waals surface area contributed by atoms with Crippen LogP contribution in [-0.4, -0.2) is 22.9 Å². The zero-order valence-electron chi connectivity index (χ0n) is 19.5. The topological polar surface area (TPSA) is 95.5 Å². The molecule has 0 aliphatic carbocycles. The molecule has 0 bridgehead atoms. The van der Waals surface area contributed by atoms with Crippen LogP contribution in [0.3, 0.4) is 0 Å². The second-order valence-electron chi connectivity index (χ2n) is 8.13. The Hall–Kier alpha value is -4.36. The Labute approximate surface area is 213 Å². The Kier molecular flexibility index (Phi) is 7.82. The van der Waals surface area contributed by atoms with E-state index in [1.807, 2.05) is 67.6 Å². The minimum atomic E-state index is -1.07. The van der Waals surface area contributed by atoms with E-state index < -0.39 is 11.2 Å². The van der Waals surface area contributed by atoms with Crippen molar-refractivity contribution in [3.63, 3.8) is 0 Å². The predicted molar refractivity (Wildman–Crippen MR) is 143 cm³/mol. The molecule has 3 N–H and O–H groups in total. The molecule has 0 aliphatic heterocycles. The second kappa shape index (κ2) is 11.4. The number of aromatic carboxylic acids is 1. The van der Waals surface area contributed by atoms with Crippen LogP contribution in [0, 0.1) is 6.92 Å². The number of nitrogens with one attached hydrogen (secondary N) is 2. The minimum absolute atomic E-state index is 0.0914. The molecule has 4 aromatic rings. The summed E-state index contributed by atoms with van der Waals surface area (Å²) in [5.74, 6) is -1.57. The molecule has 0 aliphatic rings. The number of hydrogen-bond acceptors (Lipinski definition) is 4. The number of carbonyl (C=O) groups excluding carboxylic acids is 2. The lowest BCUT2D eigenvalue weighted by Gasteiger charge is -2.18. The number of thioether (sulfide) groups is 1. The summed E-state index contributed by atoms with van der Waals surface area (Å²) in [4.78, 5) is 38.1. The summed E-state index contributed by atoms with van der Waals surface area (Å²) >= 11 is 1.34. The molecule has 1 unspecified atom stereocenters. The van der Waals surface area contributed by atoms with Crippen molar-refractivity contribution >= 4 is 40.9 Å². The fourth-order valence-corrected chi connectivity index (χ4v) is 4.61. The maximum atomic E-state index is 13.3. The average molecular weight is 497 g/mol. The molecule has 0 saturated carbocycles. The summed E-state index contributed by atoms with van der Waals surface area (Å²) < 4.78 is 0. The molecule has 0 saturated heterocycles. The number of anilines is 2. The van der Waals surface area contributed by atoms with Crippen LogP contribution in [0.25, 0.3) is 0 Å². The third-order valence-corrected chi connectivity index (χ3v) is 6.63. The van der Waals surface area contributed by atoms with Gasteiger partial charge in [-0.1, -0.05) is 60.2 Å². The number of rotatable bonds is 8. The van der Waals surface area contributed by atoms with Crippen LogP contribution in [0.15, 0.2) is 108 Å². The number of amides is 2. The van der Waals surface area contributed by atoms with E-state index in [1.54, 1.807) is 30.3 Å². The lowest BCUT2D eigenvalue weighted by Crippen LogP contribution is -2.19. The van der Waals surface area contributed by atoms with Gasteiger partial charge in [0.2, 0.25) is 5.91 Å². The standard InChI is InChI=1S/C29H24N2O4S/c1-19-13-15-21(16-14-19)27(32)30-24-11-6-12-25(18-24)36-26(20-7-3-2-4-8-20)28(33)31-23-10-5-9-22(17-23)29(34)35/h2-18,26H,1H3,(H,30,32)(H,31,33)(H,34,35). The zero-order valence-corrected chi connectivity index (χ0v) is 20.3. The summed E-state index contributed by atoms with van der Waals surface area (Å²) in [6.45, 7) is 1.96. The minimum Gasteiger partial charge on any atom is -0.478 e. The molecule has 180 valence electrons. The second-order valence-corrected chi connectivity index (χ2v) is 9.31. The first-order valence-electron chi connectivity index (χ1n) is 11.2. The first-order valence-corrected chi connectivity index (χ1v) is 12.1. The summed E-state index contributed by atoms with van der Waals surface area (Å²) in [6, 6.07) is 30.1. The van der Waals surface area contributed by atoms with Crippen molar-refractivity contribution in [2.75, 3.05) is 10.6 Å². The largest absolute Gasteiger partial charge is 0.478 e. The molecule has 4 aromatic carbocycles. The van der Waals surface area contributed by atoms with Gasteiger partial charge in [0.15, 0.2) is 0 Å². The van der Waals surface area contributed by atoms with Gasteiger partial charge in [-0.25, -0.2) is 4.79 Å². The Morgan fingerprint density at radius 2 is 1.39 bits per heavy atom. The van der Waals surface area contributed by atoms with E-state index >= 15 is 0 Å². The highest BCUT2D eigenvalue weighted by Crippen LogP contribution is 2.37. The third-order valence-electron chi connectivity index (χ3n) is 5.38. The first kappa shape index (κ1) is 24.8. The summed E-state index contributed by atoms with van der Waals surface area (Å²) in [7, 11) is 0. The lowest BCUT2D eigenvalue weighted by atomic mass is 10.1. The molecule has 6 nitrogen and oxygen atoms in total. The Morgan fingerprint density at radius 1 is 0.722 bits per heavy atom. The van der Waals surface area contributed by atoms with Gasteiger partial charge in [-0.15, -0.1) is 11.8 Å². The summed E-state index contributed by atoms with van der Waals surface area (Å²) in [5, 5.41) is 14.4. The molecule has 2 amide bonds. The molecule has 7 heteroatoms. The van der Waals surface area contributed by atoms with E-state index in [9.17, 15) is 19.5 Å². The van der Waals surface area contributed by atoms with Gasteiger partial charge in [-0.05, 0) is 61.0 Å². The SMILES string of the molecule is Cc1ccc(C(=O)Nc2cccc(SC(C(=O)Nc3cccc(C(=O)O)c3)c3ccccc3)c2)cc1. The highest BCUT2D eigenvalue weighted by Gasteiger charge is 2.23. The first-order chi connectivity index (χ1) is 17.4. The molecule has 0 aromatic heterocycles. The van der Waals surface area contributed by atoms with Crippen LogP contribution < -0.4 is 10.6 Å². The van der Waals surface area contributed by atoms with Crippen LogP contribution in [0.5, 0.6) is 0 Å². The van der Waals surface area contributed by atoms with Gasteiger partial charge in [0.1, 0.15) is 5.25 Å². The smallest absolute Gasteiger partial charge is 0.335 e.